The number of pyridine rings is 1. The van der Waals surface area contributed by atoms with Gasteiger partial charge in [0.25, 0.3) is 0 Å². The maximum absolute atomic E-state index is 10.2. The summed E-state index contributed by atoms with van der Waals surface area (Å²) in [6.45, 7) is 0.772. The zero-order chi connectivity index (χ0) is 9.80. The van der Waals surface area contributed by atoms with Crippen molar-refractivity contribution in [1.29, 1.82) is 0 Å². The molecule has 4 nitrogen and oxygen atoms in total. The van der Waals surface area contributed by atoms with E-state index in [1.165, 1.54) is 0 Å². The fourth-order valence-corrected chi connectivity index (χ4v) is 1.42. The molecular weight excluding hydrogens is 178 g/mol. The van der Waals surface area contributed by atoms with Gasteiger partial charge in [0.15, 0.2) is 0 Å². The predicted molar refractivity (Wildman–Crippen MR) is 52.8 cm³/mol. The number of hydrogen-bond acceptors (Lipinski definition) is 3. The molecule has 72 valence electrons. The van der Waals surface area contributed by atoms with Crippen LogP contribution >= 0.6 is 0 Å². The van der Waals surface area contributed by atoms with E-state index in [0.29, 0.717) is 6.42 Å². The Hall–Kier alpha value is -1.71. The van der Waals surface area contributed by atoms with Crippen LogP contribution in [0.25, 0.3) is 10.9 Å². The number of carbonyl (C=O) groups is 1. The summed E-state index contributed by atoms with van der Waals surface area (Å²) in [5.74, 6) is 0. The summed E-state index contributed by atoms with van der Waals surface area (Å²) >= 11 is 0. The lowest BCUT2D eigenvalue weighted by atomic mass is 10.3. The monoisotopic (exact) mass is 189 g/mol. The summed E-state index contributed by atoms with van der Waals surface area (Å²) in [6.07, 6.45) is 7.71. The third kappa shape index (κ3) is 1.64. The maximum Gasteiger partial charge on any atom is 0.120 e. The predicted octanol–water partition coefficient (Wildman–Crippen LogP) is 1.41. The molecule has 2 aromatic rings. The minimum absolute atomic E-state index is 0.585. The second-order valence-electron chi connectivity index (χ2n) is 3.11. The summed E-state index contributed by atoms with van der Waals surface area (Å²) in [4.78, 5) is 14.2. The van der Waals surface area contributed by atoms with Crippen molar-refractivity contribution in [2.24, 2.45) is 0 Å². The Morgan fingerprint density at radius 3 is 3.21 bits per heavy atom. The Kier molecular flexibility index (Phi) is 2.53. The first-order valence-corrected chi connectivity index (χ1v) is 4.61. The Morgan fingerprint density at radius 1 is 1.43 bits per heavy atom. The van der Waals surface area contributed by atoms with Crippen molar-refractivity contribution in [3.63, 3.8) is 0 Å². The molecule has 0 saturated carbocycles. The van der Waals surface area contributed by atoms with Gasteiger partial charge in [0.05, 0.1) is 17.9 Å². The molecule has 0 aliphatic rings. The molecule has 0 atom stereocenters. The van der Waals surface area contributed by atoms with Gasteiger partial charge in [0.2, 0.25) is 0 Å². The van der Waals surface area contributed by atoms with Crippen LogP contribution in [0.2, 0.25) is 0 Å². The smallest absolute Gasteiger partial charge is 0.120 e. The van der Waals surface area contributed by atoms with Crippen molar-refractivity contribution >= 4 is 17.2 Å². The van der Waals surface area contributed by atoms with Gasteiger partial charge in [0, 0.05) is 24.5 Å². The second-order valence-corrected chi connectivity index (χ2v) is 3.11. The fraction of sp³-hybridized carbons (Fsp3) is 0.300. The van der Waals surface area contributed by atoms with E-state index < -0.39 is 0 Å². The van der Waals surface area contributed by atoms with Crippen molar-refractivity contribution in [1.82, 2.24) is 14.8 Å². The molecule has 0 aromatic carbocycles. The van der Waals surface area contributed by atoms with Crippen LogP contribution in [0, 0.1) is 0 Å². The summed E-state index contributed by atoms with van der Waals surface area (Å²) in [6, 6.07) is 1.93. The minimum Gasteiger partial charge on any atom is -0.303 e. The van der Waals surface area contributed by atoms with E-state index in [2.05, 4.69) is 10.1 Å². The Bertz CT molecular complexity index is 436. The number of unbranched alkanes of at least 4 members (excludes halogenated alkanes) is 1. The highest BCUT2D eigenvalue weighted by atomic mass is 16.1. The van der Waals surface area contributed by atoms with E-state index in [1.807, 2.05) is 16.9 Å². The Balaban J connectivity index is 2.20. The van der Waals surface area contributed by atoms with Gasteiger partial charge in [-0.3, -0.25) is 9.67 Å². The van der Waals surface area contributed by atoms with Crippen LogP contribution in [0.5, 0.6) is 0 Å². The molecule has 2 aromatic heterocycles. The minimum atomic E-state index is 0.585. The number of rotatable bonds is 4. The summed E-state index contributed by atoms with van der Waals surface area (Å²) < 4.78 is 1.88. The topological polar surface area (TPSA) is 47.8 Å². The summed E-state index contributed by atoms with van der Waals surface area (Å²) in [7, 11) is 0. The van der Waals surface area contributed by atoms with E-state index >= 15 is 0 Å². The van der Waals surface area contributed by atoms with Crippen molar-refractivity contribution in [3.05, 3.63) is 24.7 Å². The van der Waals surface area contributed by atoms with Crippen LogP contribution < -0.4 is 0 Å². The molecule has 0 fully saturated rings. The molecule has 0 unspecified atom stereocenters. The molecular formula is C10H11N3O. The van der Waals surface area contributed by atoms with Gasteiger partial charge < -0.3 is 4.79 Å². The standard InChI is InChI=1S/C10H11N3O/c14-6-2-1-5-13-10-8-11-4-3-9(10)7-12-13/h3-4,6-8H,1-2,5H2. The molecule has 0 aliphatic carbocycles. The number of carbonyl (C=O) groups excluding carboxylic acids is 1. The van der Waals surface area contributed by atoms with E-state index in [-0.39, 0.29) is 0 Å². The van der Waals surface area contributed by atoms with Crippen molar-refractivity contribution in [2.45, 2.75) is 19.4 Å². The largest absolute Gasteiger partial charge is 0.303 e. The fourth-order valence-electron chi connectivity index (χ4n) is 1.42. The van der Waals surface area contributed by atoms with E-state index in [9.17, 15) is 4.79 Å². The molecule has 0 saturated heterocycles. The lowest BCUT2D eigenvalue weighted by molar-refractivity contribution is -0.107. The molecule has 4 heteroatoms. The van der Waals surface area contributed by atoms with Gasteiger partial charge in [-0.25, -0.2) is 0 Å². The average molecular weight is 189 g/mol. The first-order chi connectivity index (χ1) is 6.92. The van der Waals surface area contributed by atoms with Crippen LogP contribution in [-0.4, -0.2) is 21.1 Å². The molecule has 0 bridgehead atoms. The highest BCUT2D eigenvalue weighted by Crippen LogP contribution is 2.11. The number of aryl methyl sites for hydroxylation is 1. The normalized spacial score (nSPS) is 10.6. The summed E-state index contributed by atoms with van der Waals surface area (Å²) in [5, 5.41) is 5.32. The molecule has 0 radical (unpaired) electrons. The number of nitrogens with zero attached hydrogens (tertiary/aromatic N) is 3. The number of fused-ring (bicyclic) bond motifs is 1. The molecule has 0 aliphatic heterocycles. The Morgan fingerprint density at radius 2 is 2.36 bits per heavy atom. The molecule has 0 spiro atoms. The van der Waals surface area contributed by atoms with E-state index in [0.717, 1.165) is 30.2 Å². The van der Waals surface area contributed by atoms with E-state index in [1.54, 1.807) is 12.4 Å². The van der Waals surface area contributed by atoms with Crippen LogP contribution in [0.3, 0.4) is 0 Å². The van der Waals surface area contributed by atoms with Crippen LogP contribution in [0.15, 0.2) is 24.7 Å². The van der Waals surface area contributed by atoms with E-state index in [4.69, 9.17) is 0 Å². The molecule has 0 amide bonds. The van der Waals surface area contributed by atoms with Gasteiger partial charge in [0.1, 0.15) is 6.29 Å². The summed E-state index contributed by atoms with van der Waals surface area (Å²) in [5.41, 5.74) is 1.03. The maximum atomic E-state index is 10.2. The van der Waals surface area contributed by atoms with Gasteiger partial charge in [-0.1, -0.05) is 0 Å². The lowest BCUT2D eigenvalue weighted by Crippen LogP contribution is -1.99. The molecule has 0 N–H and O–H groups in total. The second kappa shape index (κ2) is 4.00. The molecule has 14 heavy (non-hydrogen) atoms. The van der Waals surface area contributed by atoms with Crippen molar-refractivity contribution in [2.75, 3.05) is 0 Å². The van der Waals surface area contributed by atoms with Crippen LogP contribution in [0.1, 0.15) is 12.8 Å². The van der Waals surface area contributed by atoms with Gasteiger partial charge in [-0.2, -0.15) is 5.10 Å². The van der Waals surface area contributed by atoms with Gasteiger partial charge in [-0.15, -0.1) is 0 Å². The van der Waals surface area contributed by atoms with Gasteiger partial charge >= 0.3 is 0 Å². The Labute approximate surface area is 81.6 Å². The van der Waals surface area contributed by atoms with Crippen LogP contribution in [-0.2, 0) is 11.3 Å². The lowest BCUT2D eigenvalue weighted by Gasteiger charge is -1.99. The molecule has 2 heterocycles. The first-order valence-electron chi connectivity index (χ1n) is 4.61. The number of hydrogen-bond donors (Lipinski definition) is 0. The first kappa shape index (κ1) is 8.87. The zero-order valence-corrected chi connectivity index (χ0v) is 7.76. The van der Waals surface area contributed by atoms with Crippen LogP contribution in [0.4, 0.5) is 0 Å². The number of aromatic nitrogens is 3. The molecule has 2 rings (SSSR count). The quantitative estimate of drug-likeness (QED) is 0.539. The number of aldehydes is 1. The highest BCUT2D eigenvalue weighted by Gasteiger charge is 2.00. The highest BCUT2D eigenvalue weighted by molar-refractivity contribution is 5.77. The third-order valence-electron chi connectivity index (χ3n) is 2.14. The van der Waals surface area contributed by atoms with Crippen molar-refractivity contribution in [3.8, 4) is 0 Å². The SMILES string of the molecule is O=CCCCn1ncc2ccncc21. The van der Waals surface area contributed by atoms with Crippen molar-refractivity contribution < 1.29 is 4.79 Å². The van der Waals surface area contributed by atoms with Gasteiger partial charge in [-0.05, 0) is 12.5 Å². The zero-order valence-electron chi connectivity index (χ0n) is 7.76. The third-order valence-corrected chi connectivity index (χ3v) is 2.14. The average Bonchev–Trinajstić information content (AvgIpc) is 2.63.